The lowest BCUT2D eigenvalue weighted by atomic mass is 10.0. The molecule has 0 aromatic carbocycles. The number of ether oxygens (including phenoxy) is 1. The molecule has 0 spiro atoms. The minimum absolute atomic E-state index is 0.0209. The zero-order chi connectivity index (χ0) is 10.8. The van der Waals surface area contributed by atoms with Crippen LogP contribution in [0.4, 0.5) is 0 Å². The highest BCUT2D eigenvalue weighted by Gasteiger charge is 2.09. The number of hydrogen-bond donors (Lipinski definition) is 2. The molecule has 0 amide bonds. The highest BCUT2D eigenvalue weighted by atomic mass is 16.6. The second-order valence-electron chi connectivity index (χ2n) is 3.72. The van der Waals surface area contributed by atoms with Gasteiger partial charge in [0.05, 0.1) is 6.61 Å². The van der Waals surface area contributed by atoms with Gasteiger partial charge in [0.2, 0.25) is 0 Å². The van der Waals surface area contributed by atoms with Crippen molar-refractivity contribution in [3.63, 3.8) is 0 Å². The SMILES string of the molecule is CCCCC(CC)COC(O)CCO. The molecule has 0 aliphatic carbocycles. The largest absolute Gasteiger partial charge is 0.396 e. The van der Waals surface area contributed by atoms with Gasteiger partial charge >= 0.3 is 0 Å². The first kappa shape index (κ1) is 13.9. The van der Waals surface area contributed by atoms with Crippen LogP contribution in [0.15, 0.2) is 0 Å². The Bertz CT molecular complexity index is 117. The fourth-order valence-corrected chi connectivity index (χ4v) is 1.34. The Balaban J connectivity index is 3.50. The monoisotopic (exact) mass is 204 g/mol. The summed E-state index contributed by atoms with van der Waals surface area (Å²) in [4.78, 5) is 0. The molecule has 14 heavy (non-hydrogen) atoms. The first-order valence-corrected chi connectivity index (χ1v) is 5.65. The van der Waals surface area contributed by atoms with E-state index in [-0.39, 0.29) is 6.61 Å². The third kappa shape index (κ3) is 7.30. The third-order valence-corrected chi connectivity index (χ3v) is 2.44. The molecule has 0 saturated heterocycles. The van der Waals surface area contributed by atoms with Crippen molar-refractivity contribution >= 4 is 0 Å². The van der Waals surface area contributed by atoms with Crippen molar-refractivity contribution in [1.82, 2.24) is 0 Å². The molecular weight excluding hydrogens is 180 g/mol. The second-order valence-corrected chi connectivity index (χ2v) is 3.72. The maximum Gasteiger partial charge on any atom is 0.156 e. The summed E-state index contributed by atoms with van der Waals surface area (Å²) in [5, 5.41) is 17.8. The molecule has 2 unspecified atom stereocenters. The van der Waals surface area contributed by atoms with Gasteiger partial charge in [-0.1, -0.05) is 33.1 Å². The maximum absolute atomic E-state index is 9.24. The van der Waals surface area contributed by atoms with Crippen LogP contribution in [0.3, 0.4) is 0 Å². The van der Waals surface area contributed by atoms with E-state index in [4.69, 9.17) is 9.84 Å². The number of aliphatic hydroxyl groups excluding tert-OH is 2. The third-order valence-electron chi connectivity index (χ3n) is 2.44. The minimum atomic E-state index is -0.796. The molecule has 0 saturated carbocycles. The van der Waals surface area contributed by atoms with Gasteiger partial charge in [0.1, 0.15) is 0 Å². The highest BCUT2D eigenvalue weighted by Crippen LogP contribution is 2.13. The maximum atomic E-state index is 9.24. The molecular formula is C11H24O3. The lowest BCUT2D eigenvalue weighted by Crippen LogP contribution is -2.18. The fourth-order valence-electron chi connectivity index (χ4n) is 1.34. The normalized spacial score (nSPS) is 15.4. The molecule has 0 aromatic heterocycles. The van der Waals surface area contributed by atoms with Crippen molar-refractivity contribution < 1.29 is 14.9 Å². The standard InChI is InChI=1S/C11H24O3/c1-3-5-6-10(4-2)9-14-11(13)7-8-12/h10-13H,3-9H2,1-2H3. The molecule has 0 rings (SSSR count). The summed E-state index contributed by atoms with van der Waals surface area (Å²) in [5.74, 6) is 0.545. The van der Waals surface area contributed by atoms with Gasteiger partial charge in [-0.15, -0.1) is 0 Å². The Labute approximate surface area is 87.1 Å². The first-order chi connectivity index (χ1) is 6.74. The number of rotatable bonds is 9. The smallest absolute Gasteiger partial charge is 0.156 e. The van der Waals surface area contributed by atoms with Gasteiger partial charge in [0.25, 0.3) is 0 Å². The lowest BCUT2D eigenvalue weighted by molar-refractivity contribution is -0.119. The van der Waals surface area contributed by atoms with E-state index in [9.17, 15) is 5.11 Å². The van der Waals surface area contributed by atoms with Crippen LogP contribution < -0.4 is 0 Å². The fraction of sp³-hybridized carbons (Fsp3) is 1.00. The van der Waals surface area contributed by atoms with Crippen molar-refractivity contribution in [2.75, 3.05) is 13.2 Å². The Morgan fingerprint density at radius 2 is 1.93 bits per heavy atom. The average molecular weight is 204 g/mol. The molecule has 2 N–H and O–H groups in total. The Morgan fingerprint density at radius 1 is 1.21 bits per heavy atom. The van der Waals surface area contributed by atoms with Gasteiger partial charge in [-0.25, -0.2) is 0 Å². The molecule has 0 aliphatic rings. The molecule has 0 aliphatic heterocycles. The summed E-state index contributed by atoms with van der Waals surface area (Å²) >= 11 is 0. The van der Waals surface area contributed by atoms with Crippen LogP contribution in [0, 0.1) is 5.92 Å². The van der Waals surface area contributed by atoms with Gasteiger partial charge in [-0.3, -0.25) is 0 Å². The van der Waals surface area contributed by atoms with Gasteiger partial charge in [0, 0.05) is 13.0 Å². The van der Waals surface area contributed by atoms with Crippen LogP contribution >= 0.6 is 0 Å². The van der Waals surface area contributed by atoms with Crippen molar-refractivity contribution in [3.8, 4) is 0 Å². The molecule has 0 bridgehead atoms. The van der Waals surface area contributed by atoms with Crippen LogP contribution in [0.5, 0.6) is 0 Å². The molecule has 86 valence electrons. The summed E-state index contributed by atoms with van der Waals surface area (Å²) in [7, 11) is 0. The van der Waals surface area contributed by atoms with Gasteiger partial charge in [-0.2, -0.15) is 0 Å². The number of aliphatic hydroxyl groups is 2. The van der Waals surface area contributed by atoms with Gasteiger partial charge < -0.3 is 14.9 Å². The van der Waals surface area contributed by atoms with E-state index in [1.54, 1.807) is 0 Å². The van der Waals surface area contributed by atoms with Crippen LogP contribution in [0.1, 0.15) is 46.0 Å². The molecule has 0 fully saturated rings. The van der Waals surface area contributed by atoms with Crippen LogP contribution in [0.2, 0.25) is 0 Å². The van der Waals surface area contributed by atoms with E-state index < -0.39 is 6.29 Å². The molecule has 0 radical (unpaired) electrons. The van der Waals surface area contributed by atoms with E-state index in [2.05, 4.69) is 13.8 Å². The highest BCUT2D eigenvalue weighted by molar-refractivity contribution is 4.56. The Kier molecular flexibility index (Phi) is 9.35. The van der Waals surface area contributed by atoms with Crippen LogP contribution in [0.25, 0.3) is 0 Å². The lowest BCUT2D eigenvalue weighted by Gasteiger charge is -2.17. The minimum Gasteiger partial charge on any atom is -0.396 e. The number of unbranched alkanes of at least 4 members (excludes halogenated alkanes) is 1. The van der Waals surface area contributed by atoms with Crippen LogP contribution in [-0.4, -0.2) is 29.7 Å². The zero-order valence-corrected chi connectivity index (χ0v) is 9.41. The summed E-state index contributed by atoms with van der Waals surface area (Å²) in [6, 6.07) is 0. The topological polar surface area (TPSA) is 49.7 Å². The average Bonchev–Trinajstić information content (AvgIpc) is 2.19. The van der Waals surface area contributed by atoms with Gasteiger partial charge in [-0.05, 0) is 12.3 Å². The summed E-state index contributed by atoms with van der Waals surface area (Å²) in [6.45, 7) is 4.90. The Hall–Kier alpha value is -0.120. The van der Waals surface area contributed by atoms with Crippen molar-refractivity contribution in [1.29, 1.82) is 0 Å². The predicted octanol–water partition coefficient (Wildman–Crippen LogP) is 1.92. The van der Waals surface area contributed by atoms with E-state index >= 15 is 0 Å². The quantitative estimate of drug-likeness (QED) is 0.564. The molecule has 0 aromatic rings. The van der Waals surface area contributed by atoms with Crippen LogP contribution in [-0.2, 0) is 4.74 Å². The molecule has 3 heteroatoms. The summed E-state index contributed by atoms with van der Waals surface area (Å²) < 4.78 is 5.23. The predicted molar refractivity (Wildman–Crippen MR) is 57.0 cm³/mol. The van der Waals surface area contributed by atoms with E-state index in [1.165, 1.54) is 19.3 Å². The molecule has 2 atom stereocenters. The van der Waals surface area contributed by atoms with Crippen molar-refractivity contribution in [3.05, 3.63) is 0 Å². The summed E-state index contributed by atoms with van der Waals surface area (Å²) in [5.41, 5.74) is 0. The van der Waals surface area contributed by atoms with Crippen molar-refractivity contribution in [2.45, 2.75) is 52.2 Å². The number of hydrogen-bond acceptors (Lipinski definition) is 3. The van der Waals surface area contributed by atoms with E-state index in [0.717, 1.165) is 6.42 Å². The zero-order valence-electron chi connectivity index (χ0n) is 9.41. The molecule has 0 heterocycles. The Morgan fingerprint density at radius 3 is 2.43 bits per heavy atom. The molecule has 3 nitrogen and oxygen atoms in total. The first-order valence-electron chi connectivity index (χ1n) is 5.65. The summed E-state index contributed by atoms with van der Waals surface area (Å²) in [6.07, 6.45) is 4.19. The van der Waals surface area contributed by atoms with Crippen molar-refractivity contribution in [2.24, 2.45) is 5.92 Å². The van der Waals surface area contributed by atoms with E-state index in [1.807, 2.05) is 0 Å². The van der Waals surface area contributed by atoms with E-state index in [0.29, 0.717) is 18.9 Å². The van der Waals surface area contributed by atoms with Gasteiger partial charge in [0.15, 0.2) is 6.29 Å². The second kappa shape index (κ2) is 9.44.